The second-order valence-electron chi connectivity index (χ2n) is 5.67. The van der Waals surface area contributed by atoms with Gasteiger partial charge in [-0.3, -0.25) is 20.4 Å². The molecule has 0 saturated heterocycles. The molecular formula is C19H21ClN2O3. The highest BCUT2D eigenvalue weighted by molar-refractivity contribution is 6.31. The summed E-state index contributed by atoms with van der Waals surface area (Å²) in [5.74, 6) is -0.0942. The standard InChI is InChI=1S/C19H21ClN2O3/c1-13-14(2)17(10-9-16(13)20)25-12-19(24)22-21-18(23)11-8-15-6-4-3-5-7-15/h3-7,9-10H,8,11-12H2,1-2H3,(H,21,23)(H,22,24). The van der Waals surface area contributed by atoms with E-state index in [-0.39, 0.29) is 12.5 Å². The predicted molar refractivity (Wildman–Crippen MR) is 97.5 cm³/mol. The molecule has 132 valence electrons. The fraction of sp³-hybridized carbons (Fsp3) is 0.263. The molecule has 2 aromatic carbocycles. The Bertz CT molecular complexity index is 748. The Morgan fingerprint density at radius 2 is 1.64 bits per heavy atom. The molecule has 2 rings (SSSR count). The predicted octanol–water partition coefficient (Wildman–Crippen LogP) is 3.12. The van der Waals surface area contributed by atoms with Crippen LogP contribution in [-0.2, 0) is 16.0 Å². The van der Waals surface area contributed by atoms with Gasteiger partial charge in [-0.05, 0) is 49.1 Å². The first-order chi connectivity index (χ1) is 12.0. The van der Waals surface area contributed by atoms with E-state index >= 15 is 0 Å². The van der Waals surface area contributed by atoms with Crippen molar-refractivity contribution in [2.75, 3.05) is 6.61 Å². The van der Waals surface area contributed by atoms with E-state index < -0.39 is 5.91 Å². The second-order valence-corrected chi connectivity index (χ2v) is 6.07. The zero-order chi connectivity index (χ0) is 18.2. The van der Waals surface area contributed by atoms with E-state index in [1.807, 2.05) is 44.2 Å². The normalized spacial score (nSPS) is 10.2. The van der Waals surface area contributed by atoms with Crippen LogP contribution < -0.4 is 15.6 Å². The minimum absolute atomic E-state index is 0.194. The van der Waals surface area contributed by atoms with E-state index in [1.165, 1.54) is 0 Å². The highest BCUT2D eigenvalue weighted by Gasteiger charge is 2.09. The van der Waals surface area contributed by atoms with Crippen LogP contribution in [0.25, 0.3) is 0 Å². The van der Waals surface area contributed by atoms with Crippen molar-refractivity contribution in [2.45, 2.75) is 26.7 Å². The summed E-state index contributed by atoms with van der Waals surface area (Å²) in [7, 11) is 0. The lowest BCUT2D eigenvalue weighted by molar-refractivity contribution is -0.130. The summed E-state index contributed by atoms with van der Waals surface area (Å²) in [6.45, 7) is 3.57. The van der Waals surface area contributed by atoms with E-state index in [0.717, 1.165) is 16.7 Å². The third-order valence-corrected chi connectivity index (χ3v) is 4.26. The molecule has 25 heavy (non-hydrogen) atoms. The third-order valence-electron chi connectivity index (χ3n) is 3.86. The van der Waals surface area contributed by atoms with Crippen LogP contribution in [-0.4, -0.2) is 18.4 Å². The van der Waals surface area contributed by atoms with Crippen molar-refractivity contribution in [3.05, 3.63) is 64.2 Å². The topological polar surface area (TPSA) is 67.4 Å². The van der Waals surface area contributed by atoms with Crippen molar-refractivity contribution in [1.29, 1.82) is 0 Å². The van der Waals surface area contributed by atoms with Crippen molar-refractivity contribution in [1.82, 2.24) is 10.9 Å². The molecule has 6 heteroatoms. The monoisotopic (exact) mass is 360 g/mol. The van der Waals surface area contributed by atoms with Gasteiger partial charge in [-0.2, -0.15) is 0 Å². The summed E-state index contributed by atoms with van der Waals surface area (Å²) in [4.78, 5) is 23.5. The molecule has 0 aliphatic rings. The van der Waals surface area contributed by atoms with Crippen LogP contribution in [0.3, 0.4) is 0 Å². The number of nitrogens with one attached hydrogen (secondary N) is 2. The first kappa shape index (κ1) is 18.8. The number of carbonyl (C=O) groups is 2. The maximum absolute atomic E-state index is 11.8. The van der Waals surface area contributed by atoms with Crippen LogP contribution in [0.15, 0.2) is 42.5 Å². The molecule has 2 N–H and O–H groups in total. The number of amides is 2. The first-order valence-electron chi connectivity index (χ1n) is 7.97. The average molecular weight is 361 g/mol. The van der Waals surface area contributed by atoms with Gasteiger partial charge in [0.1, 0.15) is 5.75 Å². The largest absolute Gasteiger partial charge is 0.483 e. The van der Waals surface area contributed by atoms with Crippen LogP contribution in [0.5, 0.6) is 5.75 Å². The Morgan fingerprint density at radius 1 is 0.960 bits per heavy atom. The van der Waals surface area contributed by atoms with Crippen LogP contribution in [0.1, 0.15) is 23.1 Å². The minimum atomic E-state index is -0.430. The van der Waals surface area contributed by atoms with E-state index in [0.29, 0.717) is 23.6 Å². The maximum Gasteiger partial charge on any atom is 0.276 e. The van der Waals surface area contributed by atoms with Crippen molar-refractivity contribution in [2.24, 2.45) is 0 Å². The van der Waals surface area contributed by atoms with Gasteiger partial charge in [-0.25, -0.2) is 0 Å². The number of benzene rings is 2. The Hall–Kier alpha value is -2.53. The van der Waals surface area contributed by atoms with Gasteiger partial charge >= 0.3 is 0 Å². The Balaban J connectivity index is 1.72. The molecule has 0 atom stereocenters. The molecule has 0 bridgehead atoms. The minimum Gasteiger partial charge on any atom is -0.483 e. The molecule has 0 heterocycles. The zero-order valence-electron chi connectivity index (χ0n) is 14.3. The molecule has 0 fully saturated rings. The van der Waals surface area contributed by atoms with Gasteiger partial charge in [-0.15, -0.1) is 0 Å². The number of hydrogen-bond acceptors (Lipinski definition) is 3. The van der Waals surface area contributed by atoms with E-state index in [2.05, 4.69) is 10.9 Å². The fourth-order valence-corrected chi connectivity index (χ4v) is 2.41. The second kappa shape index (κ2) is 9.08. The van der Waals surface area contributed by atoms with Gasteiger partial charge in [0.15, 0.2) is 6.61 Å². The van der Waals surface area contributed by atoms with Crippen LogP contribution >= 0.6 is 11.6 Å². The number of ether oxygens (including phenoxy) is 1. The summed E-state index contributed by atoms with van der Waals surface area (Å²) < 4.78 is 5.47. The van der Waals surface area contributed by atoms with Gasteiger partial charge in [0.2, 0.25) is 5.91 Å². The molecule has 0 aromatic heterocycles. The summed E-state index contributed by atoms with van der Waals surface area (Å²) in [5, 5.41) is 0.653. The SMILES string of the molecule is Cc1c(Cl)ccc(OCC(=O)NNC(=O)CCc2ccccc2)c1C. The number of hydrogen-bond donors (Lipinski definition) is 2. The van der Waals surface area contributed by atoms with Crippen molar-refractivity contribution in [3.63, 3.8) is 0 Å². The highest BCUT2D eigenvalue weighted by atomic mass is 35.5. The molecule has 0 unspecified atom stereocenters. The molecule has 5 nitrogen and oxygen atoms in total. The lowest BCUT2D eigenvalue weighted by Crippen LogP contribution is -2.43. The molecule has 2 aromatic rings. The van der Waals surface area contributed by atoms with Crippen molar-refractivity contribution < 1.29 is 14.3 Å². The van der Waals surface area contributed by atoms with Gasteiger partial charge in [0.25, 0.3) is 5.91 Å². The smallest absolute Gasteiger partial charge is 0.276 e. The highest BCUT2D eigenvalue weighted by Crippen LogP contribution is 2.27. The maximum atomic E-state index is 11.8. The molecule has 0 spiro atoms. The van der Waals surface area contributed by atoms with E-state index in [4.69, 9.17) is 16.3 Å². The van der Waals surface area contributed by atoms with Crippen LogP contribution in [0.2, 0.25) is 5.02 Å². The average Bonchev–Trinajstić information content (AvgIpc) is 2.63. The molecule has 0 saturated carbocycles. The van der Waals surface area contributed by atoms with E-state index in [9.17, 15) is 9.59 Å². The van der Waals surface area contributed by atoms with Gasteiger partial charge in [0.05, 0.1) is 0 Å². The lowest BCUT2D eigenvalue weighted by Gasteiger charge is -2.12. The molecule has 0 aliphatic heterocycles. The van der Waals surface area contributed by atoms with Gasteiger partial charge in [-0.1, -0.05) is 41.9 Å². The fourth-order valence-electron chi connectivity index (χ4n) is 2.20. The van der Waals surface area contributed by atoms with Crippen LogP contribution in [0.4, 0.5) is 0 Å². The van der Waals surface area contributed by atoms with Gasteiger partial charge < -0.3 is 4.74 Å². The summed E-state index contributed by atoms with van der Waals surface area (Å²) in [6.07, 6.45) is 0.906. The van der Waals surface area contributed by atoms with Crippen LogP contribution in [0, 0.1) is 13.8 Å². The molecule has 0 radical (unpaired) electrons. The number of halogens is 1. The van der Waals surface area contributed by atoms with Gasteiger partial charge in [0, 0.05) is 11.4 Å². The Morgan fingerprint density at radius 3 is 2.36 bits per heavy atom. The number of carbonyl (C=O) groups excluding carboxylic acids is 2. The molecular weight excluding hydrogens is 340 g/mol. The first-order valence-corrected chi connectivity index (χ1v) is 8.35. The Labute approximate surface area is 152 Å². The summed E-state index contributed by atoms with van der Waals surface area (Å²) in [6, 6.07) is 13.1. The lowest BCUT2D eigenvalue weighted by atomic mass is 10.1. The Kier molecular flexibility index (Phi) is 6.83. The van der Waals surface area contributed by atoms with E-state index in [1.54, 1.807) is 12.1 Å². The quantitative estimate of drug-likeness (QED) is 0.778. The van der Waals surface area contributed by atoms with Crippen molar-refractivity contribution in [3.8, 4) is 5.75 Å². The number of hydrazine groups is 1. The number of rotatable bonds is 6. The van der Waals surface area contributed by atoms with Crippen molar-refractivity contribution >= 4 is 23.4 Å². The molecule has 2 amide bonds. The summed E-state index contributed by atoms with van der Waals surface area (Å²) >= 11 is 6.02. The number of aryl methyl sites for hydroxylation is 1. The summed E-state index contributed by atoms with van der Waals surface area (Å²) in [5.41, 5.74) is 7.59. The molecule has 0 aliphatic carbocycles. The third kappa shape index (κ3) is 5.80. The zero-order valence-corrected chi connectivity index (χ0v) is 15.0.